The number of benzene rings is 1. The third-order valence-electron chi connectivity index (χ3n) is 4.20. The van der Waals surface area contributed by atoms with Crippen molar-refractivity contribution in [3.8, 4) is 5.75 Å². The fraction of sp³-hybridized carbons (Fsp3) is 0.571. The molecule has 0 saturated carbocycles. The lowest BCUT2D eigenvalue weighted by Gasteiger charge is -2.38. The second-order valence-corrected chi connectivity index (χ2v) is 5.03. The number of rotatable bonds is 2. The number of nitrogens with zero attached hydrogens (tertiary/aromatic N) is 1. The number of methoxy groups -OCH3 is 1. The minimum atomic E-state index is 0.496. The number of nitrogens with two attached hydrogens (primary N) is 1. The molecule has 2 aliphatic heterocycles. The predicted octanol–water partition coefficient (Wildman–Crippen LogP) is 1.94. The molecule has 0 spiro atoms. The molecule has 1 aromatic rings. The van der Waals surface area contributed by atoms with E-state index in [-0.39, 0.29) is 0 Å². The normalized spacial score (nSPS) is 26.6. The highest BCUT2D eigenvalue weighted by Crippen LogP contribution is 2.44. The average Bonchev–Trinajstić information content (AvgIpc) is 2.81. The first-order valence-corrected chi connectivity index (χ1v) is 6.49. The largest absolute Gasteiger partial charge is 0.495 e. The number of hydrogen-bond acceptors (Lipinski definition) is 3. The Kier molecular flexibility index (Phi) is 2.71. The van der Waals surface area contributed by atoms with E-state index in [2.05, 4.69) is 23.1 Å². The molecule has 17 heavy (non-hydrogen) atoms. The molecule has 0 bridgehead atoms. The number of hydrogen-bond donors (Lipinski definition) is 1. The Bertz CT molecular complexity index is 404. The standard InChI is InChI=1S/C14H20N2O/c1-17-13-4-2-3-10-5-6-11-7-8-12(9-15)16(11)14(10)13/h2-4,11-12H,5-9,15H2,1H3. The van der Waals surface area contributed by atoms with Crippen LogP contribution in [0.3, 0.4) is 0 Å². The van der Waals surface area contributed by atoms with Crippen LogP contribution in [0.4, 0.5) is 5.69 Å². The van der Waals surface area contributed by atoms with Crippen molar-refractivity contribution in [3.63, 3.8) is 0 Å². The molecule has 3 rings (SSSR count). The molecule has 0 aliphatic carbocycles. The first-order valence-electron chi connectivity index (χ1n) is 6.49. The van der Waals surface area contributed by atoms with Gasteiger partial charge >= 0.3 is 0 Å². The van der Waals surface area contributed by atoms with Crippen LogP contribution in [0.1, 0.15) is 24.8 Å². The van der Waals surface area contributed by atoms with Crippen LogP contribution in [0.25, 0.3) is 0 Å². The minimum Gasteiger partial charge on any atom is -0.495 e. The van der Waals surface area contributed by atoms with E-state index in [4.69, 9.17) is 10.5 Å². The van der Waals surface area contributed by atoms with Crippen LogP contribution in [0.15, 0.2) is 18.2 Å². The van der Waals surface area contributed by atoms with Gasteiger partial charge in [-0.1, -0.05) is 12.1 Å². The average molecular weight is 232 g/mol. The first-order chi connectivity index (χ1) is 8.35. The van der Waals surface area contributed by atoms with Gasteiger partial charge in [0.2, 0.25) is 0 Å². The van der Waals surface area contributed by atoms with E-state index in [1.54, 1.807) is 7.11 Å². The van der Waals surface area contributed by atoms with Crippen molar-refractivity contribution in [2.24, 2.45) is 5.73 Å². The number of para-hydroxylation sites is 1. The van der Waals surface area contributed by atoms with Crippen molar-refractivity contribution >= 4 is 5.69 Å². The van der Waals surface area contributed by atoms with Gasteiger partial charge in [0.25, 0.3) is 0 Å². The molecule has 2 N–H and O–H groups in total. The van der Waals surface area contributed by atoms with Crippen LogP contribution in [0.2, 0.25) is 0 Å². The van der Waals surface area contributed by atoms with Crippen LogP contribution < -0.4 is 15.4 Å². The van der Waals surface area contributed by atoms with Gasteiger partial charge in [-0.15, -0.1) is 0 Å². The molecule has 1 aromatic carbocycles. The van der Waals surface area contributed by atoms with E-state index in [9.17, 15) is 0 Å². The molecule has 3 nitrogen and oxygen atoms in total. The topological polar surface area (TPSA) is 38.5 Å². The SMILES string of the molecule is COc1cccc2c1N1C(CN)CCC1CC2. The summed E-state index contributed by atoms with van der Waals surface area (Å²) in [6, 6.07) is 7.54. The van der Waals surface area contributed by atoms with Crippen molar-refractivity contribution in [1.29, 1.82) is 0 Å². The second kappa shape index (κ2) is 4.22. The summed E-state index contributed by atoms with van der Waals surface area (Å²) in [4.78, 5) is 2.53. The molecule has 1 fully saturated rings. The Labute approximate surface area is 103 Å². The molecule has 1 saturated heterocycles. The third-order valence-corrected chi connectivity index (χ3v) is 4.20. The molecule has 0 radical (unpaired) electrons. The van der Waals surface area contributed by atoms with Gasteiger partial charge in [-0.3, -0.25) is 0 Å². The summed E-state index contributed by atoms with van der Waals surface area (Å²) < 4.78 is 5.53. The number of aryl methyl sites for hydroxylation is 1. The van der Waals surface area contributed by atoms with Gasteiger partial charge in [-0.05, 0) is 37.3 Å². The van der Waals surface area contributed by atoms with Crippen molar-refractivity contribution < 1.29 is 4.74 Å². The summed E-state index contributed by atoms with van der Waals surface area (Å²) >= 11 is 0. The highest BCUT2D eigenvalue weighted by atomic mass is 16.5. The van der Waals surface area contributed by atoms with Gasteiger partial charge in [0, 0.05) is 18.6 Å². The lowest BCUT2D eigenvalue weighted by atomic mass is 9.96. The van der Waals surface area contributed by atoms with Crippen molar-refractivity contribution in [1.82, 2.24) is 0 Å². The van der Waals surface area contributed by atoms with E-state index >= 15 is 0 Å². The Balaban J connectivity index is 2.08. The Hall–Kier alpha value is -1.22. The van der Waals surface area contributed by atoms with Crippen molar-refractivity contribution in [3.05, 3.63) is 23.8 Å². The first kappa shape index (κ1) is 10.9. The summed E-state index contributed by atoms with van der Waals surface area (Å²) in [6.45, 7) is 0.744. The maximum atomic E-state index is 5.91. The third kappa shape index (κ3) is 1.61. The fourth-order valence-electron chi connectivity index (χ4n) is 3.39. The molecule has 92 valence electrons. The summed E-state index contributed by atoms with van der Waals surface area (Å²) in [7, 11) is 1.76. The van der Waals surface area contributed by atoms with Gasteiger partial charge in [0.15, 0.2) is 0 Å². The molecule has 2 aliphatic rings. The second-order valence-electron chi connectivity index (χ2n) is 5.03. The van der Waals surface area contributed by atoms with Gasteiger partial charge in [0.1, 0.15) is 5.75 Å². The van der Waals surface area contributed by atoms with Crippen LogP contribution in [-0.4, -0.2) is 25.7 Å². The number of ether oxygens (including phenoxy) is 1. The van der Waals surface area contributed by atoms with E-state index in [1.165, 1.54) is 36.9 Å². The lowest BCUT2D eigenvalue weighted by Crippen LogP contribution is -2.43. The molecule has 0 amide bonds. The summed E-state index contributed by atoms with van der Waals surface area (Å²) in [5.41, 5.74) is 8.63. The van der Waals surface area contributed by atoms with Crippen LogP contribution in [0, 0.1) is 0 Å². The molecule has 2 heterocycles. The van der Waals surface area contributed by atoms with Gasteiger partial charge in [0.05, 0.1) is 12.8 Å². The highest BCUT2D eigenvalue weighted by Gasteiger charge is 2.37. The zero-order chi connectivity index (χ0) is 11.8. The van der Waals surface area contributed by atoms with Gasteiger partial charge in [-0.25, -0.2) is 0 Å². The molecule has 3 heteroatoms. The zero-order valence-corrected chi connectivity index (χ0v) is 10.4. The zero-order valence-electron chi connectivity index (χ0n) is 10.4. The summed E-state index contributed by atoms with van der Waals surface area (Å²) in [5, 5.41) is 0. The molecule has 2 atom stereocenters. The number of anilines is 1. The summed E-state index contributed by atoms with van der Waals surface area (Å²) in [6.07, 6.45) is 4.93. The molecule has 0 aromatic heterocycles. The van der Waals surface area contributed by atoms with Gasteiger partial charge in [-0.2, -0.15) is 0 Å². The Morgan fingerprint density at radius 1 is 1.35 bits per heavy atom. The van der Waals surface area contributed by atoms with E-state index < -0.39 is 0 Å². The minimum absolute atomic E-state index is 0.496. The van der Waals surface area contributed by atoms with E-state index in [1.807, 2.05) is 0 Å². The Morgan fingerprint density at radius 2 is 2.24 bits per heavy atom. The molecule has 2 unspecified atom stereocenters. The molecular weight excluding hydrogens is 212 g/mol. The maximum Gasteiger partial charge on any atom is 0.142 e. The summed E-state index contributed by atoms with van der Waals surface area (Å²) in [5.74, 6) is 1.01. The number of fused-ring (bicyclic) bond motifs is 3. The monoisotopic (exact) mass is 232 g/mol. The Morgan fingerprint density at radius 3 is 3.00 bits per heavy atom. The molecular formula is C14H20N2O. The maximum absolute atomic E-state index is 5.91. The lowest BCUT2D eigenvalue weighted by molar-refractivity contribution is 0.409. The van der Waals surface area contributed by atoms with Crippen molar-refractivity contribution in [2.45, 2.75) is 37.8 Å². The van der Waals surface area contributed by atoms with Crippen LogP contribution >= 0.6 is 0 Å². The predicted molar refractivity (Wildman–Crippen MR) is 69.7 cm³/mol. The smallest absolute Gasteiger partial charge is 0.142 e. The van der Waals surface area contributed by atoms with Crippen LogP contribution in [0.5, 0.6) is 5.75 Å². The van der Waals surface area contributed by atoms with Crippen molar-refractivity contribution in [2.75, 3.05) is 18.6 Å². The fourth-order valence-corrected chi connectivity index (χ4v) is 3.39. The highest BCUT2D eigenvalue weighted by molar-refractivity contribution is 5.67. The van der Waals surface area contributed by atoms with Crippen LogP contribution in [-0.2, 0) is 6.42 Å². The van der Waals surface area contributed by atoms with E-state index in [0.717, 1.165) is 12.3 Å². The quantitative estimate of drug-likeness (QED) is 0.847. The van der Waals surface area contributed by atoms with Gasteiger partial charge < -0.3 is 15.4 Å². The van der Waals surface area contributed by atoms with E-state index in [0.29, 0.717) is 12.1 Å².